The fourth-order valence-electron chi connectivity index (χ4n) is 1.87. The highest BCUT2D eigenvalue weighted by atomic mass is 35.5. The minimum absolute atomic E-state index is 0.178. The maximum Gasteiger partial charge on any atom is 0.416 e. The first-order valence-electron chi connectivity index (χ1n) is 6.70. The molecule has 0 atom stereocenters. The van der Waals surface area contributed by atoms with Gasteiger partial charge in [-0.2, -0.15) is 18.4 Å². The highest BCUT2D eigenvalue weighted by molar-refractivity contribution is 6.31. The van der Waals surface area contributed by atoms with Crippen molar-refractivity contribution in [1.82, 2.24) is 0 Å². The van der Waals surface area contributed by atoms with Gasteiger partial charge in [0.1, 0.15) is 6.07 Å². The van der Waals surface area contributed by atoms with Gasteiger partial charge in [-0.25, -0.2) is 0 Å². The number of benzene rings is 2. The van der Waals surface area contributed by atoms with Crippen LogP contribution in [-0.4, -0.2) is 12.5 Å². The zero-order valence-electron chi connectivity index (χ0n) is 12.1. The Bertz CT molecular complexity index is 783. The molecule has 0 unspecified atom stereocenters. The average molecular weight is 354 g/mol. The van der Waals surface area contributed by atoms with Crippen LogP contribution in [0.4, 0.5) is 24.5 Å². The van der Waals surface area contributed by atoms with Crippen LogP contribution in [0.5, 0.6) is 0 Å². The van der Waals surface area contributed by atoms with Crippen LogP contribution in [0.2, 0.25) is 5.02 Å². The summed E-state index contributed by atoms with van der Waals surface area (Å²) < 4.78 is 37.4. The summed E-state index contributed by atoms with van der Waals surface area (Å²) in [6.07, 6.45) is -4.41. The van der Waals surface area contributed by atoms with Crippen molar-refractivity contribution in [3.63, 3.8) is 0 Å². The van der Waals surface area contributed by atoms with E-state index in [-0.39, 0.29) is 17.8 Å². The standard InChI is InChI=1S/C16H11ClF3N3O/c17-12-4-1-10(8-21)14(7-12)23-15(24)9-22-13-5-2-11(3-6-13)16(18,19)20/h1-7,22H,9H2,(H,23,24). The molecule has 2 aromatic rings. The van der Waals surface area contributed by atoms with Crippen LogP contribution >= 0.6 is 11.6 Å². The summed E-state index contributed by atoms with van der Waals surface area (Å²) in [7, 11) is 0. The lowest BCUT2D eigenvalue weighted by atomic mass is 10.2. The molecule has 8 heteroatoms. The molecule has 0 saturated heterocycles. The van der Waals surface area contributed by atoms with E-state index in [0.29, 0.717) is 10.7 Å². The Kier molecular flexibility index (Phi) is 5.31. The van der Waals surface area contributed by atoms with Gasteiger partial charge in [0.15, 0.2) is 0 Å². The number of carbonyl (C=O) groups excluding carboxylic acids is 1. The number of nitrogens with zero attached hydrogens (tertiary/aromatic N) is 1. The Morgan fingerprint density at radius 2 is 1.83 bits per heavy atom. The fraction of sp³-hybridized carbons (Fsp3) is 0.125. The number of anilines is 2. The van der Waals surface area contributed by atoms with Crippen LogP contribution in [0.1, 0.15) is 11.1 Å². The average Bonchev–Trinajstić information content (AvgIpc) is 2.53. The van der Waals surface area contributed by atoms with Gasteiger partial charge in [-0.1, -0.05) is 11.6 Å². The Morgan fingerprint density at radius 3 is 2.42 bits per heavy atom. The second-order valence-electron chi connectivity index (χ2n) is 4.78. The molecule has 0 aliphatic heterocycles. The van der Waals surface area contributed by atoms with E-state index in [9.17, 15) is 18.0 Å². The number of rotatable bonds is 4. The van der Waals surface area contributed by atoms with Crippen molar-refractivity contribution in [1.29, 1.82) is 5.26 Å². The molecule has 0 heterocycles. The smallest absolute Gasteiger partial charge is 0.376 e. The fourth-order valence-corrected chi connectivity index (χ4v) is 2.04. The highest BCUT2D eigenvalue weighted by Crippen LogP contribution is 2.29. The molecule has 0 aliphatic carbocycles. The van der Waals surface area contributed by atoms with Gasteiger partial charge >= 0.3 is 6.18 Å². The number of alkyl halides is 3. The third kappa shape index (κ3) is 4.64. The lowest BCUT2D eigenvalue weighted by Crippen LogP contribution is -2.22. The van der Waals surface area contributed by atoms with Gasteiger partial charge in [-0.3, -0.25) is 4.79 Å². The monoisotopic (exact) mass is 353 g/mol. The molecule has 1 amide bonds. The SMILES string of the molecule is N#Cc1ccc(Cl)cc1NC(=O)CNc1ccc(C(F)(F)F)cc1. The summed E-state index contributed by atoms with van der Waals surface area (Å²) in [6, 6.07) is 10.7. The molecule has 0 radical (unpaired) electrons. The van der Waals surface area contributed by atoms with E-state index in [4.69, 9.17) is 16.9 Å². The quantitative estimate of drug-likeness (QED) is 0.862. The molecule has 124 valence electrons. The van der Waals surface area contributed by atoms with Gasteiger partial charge in [0.25, 0.3) is 0 Å². The molecular formula is C16H11ClF3N3O. The van der Waals surface area contributed by atoms with Gasteiger partial charge in [-0.15, -0.1) is 0 Å². The summed E-state index contributed by atoms with van der Waals surface area (Å²) in [4.78, 5) is 11.9. The molecule has 24 heavy (non-hydrogen) atoms. The Morgan fingerprint density at radius 1 is 1.17 bits per heavy atom. The topological polar surface area (TPSA) is 64.9 Å². The van der Waals surface area contributed by atoms with E-state index in [2.05, 4.69) is 10.6 Å². The molecule has 4 nitrogen and oxygen atoms in total. The van der Waals surface area contributed by atoms with Crippen molar-refractivity contribution in [3.05, 3.63) is 58.6 Å². The summed E-state index contributed by atoms with van der Waals surface area (Å²) in [5.74, 6) is -0.464. The lowest BCUT2D eigenvalue weighted by Gasteiger charge is -2.11. The molecule has 0 spiro atoms. The van der Waals surface area contributed by atoms with Crippen LogP contribution in [-0.2, 0) is 11.0 Å². The van der Waals surface area contributed by atoms with E-state index < -0.39 is 17.6 Å². The zero-order valence-corrected chi connectivity index (χ0v) is 12.9. The van der Waals surface area contributed by atoms with Crippen molar-refractivity contribution in [2.75, 3.05) is 17.2 Å². The van der Waals surface area contributed by atoms with Gasteiger partial charge in [0, 0.05) is 10.7 Å². The van der Waals surface area contributed by atoms with Gasteiger partial charge in [-0.05, 0) is 42.5 Å². The minimum Gasteiger partial charge on any atom is -0.376 e. The second-order valence-corrected chi connectivity index (χ2v) is 5.21. The molecule has 0 saturated carbocycles. The number of halogens is 4. The molecular weight excluding hydrogens is 343 g/mol. The van der Waals surface area contributed by atoms with Crippen LogP contribution in [0.3, 0.4) is 0 Å². The van der Waals surface area contributed by atoms with Crippen molar-refractivity contribution in [3.8, 4) is 6.07 Å². The maximum absolute atomic E-state index is 12.5. The highest BCUT2D eigenvalue weighted by Gasteiger charge is 2.29. The molecule has 0 aliphatic rings. The number of amides is 1. The third-order valence-corrected chi connectivity index (χ3v) is 3.28. The molecule has 2 N–H and O–H groups in total. The normalized spacial score (nSPS) is 10.8. The van der Waals surface area contributed by atoms with Crippen LogP contribution < -0.4 is 10.6 Å². The number of nitrogens with one attached hydrogen (secondary N) is 2. The number of hydrogen-bond donors (Lipinski definition) is 2. The van der Waals surface area contributed by atoms with E-state index in [1.807, 2.05) is 6.07 Å². The lowest BCUT2D eigenvalue weighted by molar-refractivity contribution is -0.137. The van der Waals surface area contributed by atoms with Gasteiger partial charge in [0.05, 0.1) is 23.4 Å². The Hall–Kier alpha value is -2.72. The van der Waals surface area contributed by atoms with Crippen molar-refractivity contribution < 1.29 is 18.0 Å². The molecule has 0 bridgehead atoms. The molecule has 0 fully saturated rings. The van der Waals surface area contributed by atoms with E-state index in [1.165, 1.54) is 30.3 Å². The summed E-state index contributed by atoms with van der Waals surface area (Å²) in [5, 5.41) is 14.6. The minimum atomic E-state index is -4.41. The number of carbonyl (C=O) groups is 1. The first-order valence-corrected chi connectivity index (χ1v) is 7.08. The van der Waals surface area contributed by atoms with Crippen LogP contribution in [0.15, 0.2) is 42.5 Å². The first-order chi connectivity index (χ1) is 11.3. The maximum atomic E-state index is 12.5. The predicted octanol–water partition coefficient (Wildman–Crippen LogP) is 4.28. The van der Waals surface area contributed by atoms with E-state index >= 15 is 0 Å². The number of nitriles is 1. The van der Waals surface area contributed by atoms with E-state index in [1.54, 1.807) is 0 Å². The second kappa shape index (κ2) is 7.23. The first kappa shape index (κ1) is 17.6. The number of hydrogen-bond acceptors (Lipinski definition) is 3. The zero-order chi connectivity index (χ0) is 17.7. The molecule has 2 aromatic carbocycles. The summed E-state index contributed by atoms with van der Waals surface area (Å²) >= 11 is 5.81. The van der Waals surface area contributed by atoms with Crippen molar-refractivity contribution in [2.45, 2.75) is 6.18 Å². The Balaban J connectivity index is 1.97. The van der Waals surface area contributed by atoms with Gasteiger partial charge in [0.2, 0.25) is 5.91 Å². The van der Waals surface area contributed by atoms with E-state index in [0.717, 1.165) is 12.1 Å². The van der Waals surface area contributed by atoms with Crippen LogP contribution in [0.25, 0.3) is 0 Å². The van der Waals surface area contributed by atoms with Crippen molar-refractivity contribution in [2.24, 2.45) is 0 Å². The predicted molar refractivity (Wildman–Crippen MR) is 84.7 cm³/mol. The molecule has 0 aromatic heterocycles. The third-order valence-electron chi connectivity index (χ3n) is 3.04. The van der Waals surface area contributed by atoms with Gasteiger partial charge < -0.3 is 10.6 Å². The molecule has 2 rings (SSSR count). The Labute approximate surface area is 140 Å². The largest absolute Gasteiger partial charge is 0.416 e. The van der Waals surface area contributed by atoms with Crippen molar-refractivity contribution >= 4 is 28.9 Å². The summed E-state index contributed by atoms with van der Waals surface area (Å²) in [6.45, 7) is -0.178. The summed E-state index contributed by atoms with van der Waals surface area (Å²) in [5.41, 5.74) is 0.117. The van der Waals surface area contributed by atoms with Crippen LogP contribution in [0, 0.1) is 11.3 Å².